The molecule has 0 atom stereocenters. The lowest BCUT2D eigenvalue weighted by Gasteiger charge is -2.19. The minimum Gasteiger partial charge on any atom is -0.221 e. The second kappa shape index (κ2) is 1.55. The van der Waals surface area contributed by atoms with Crippen LogP contribution in [0.3, 0.4) is 0 Å². The summed E-state index contributed by atoms with van der Waals surface area (Å²) in [6, 6.07) is 0. The molecular formula is CF2O3S2. The first kappa shape index (κ1) is 6.24. The first-order valence-corrected chi connectivity index (χ1v) is 3.60. The van der Waals surface area contributed by atoms with Crippen molar-refractivity contribution >= 4 is 22.2 Å². The van der Waals surface area contributed by atoms with Gasteiger partial charge in [0.25, 0.3) is 22.2 Å². The van der Waals surface area contributed by atoms with Gasteiger partial charge in [-0.15, -0.1) is 0 Å². The molecule has 1 aliphatic heterocycles. The van der Waals surface area contributed by atoms with Crippen molar-refractivity contribution in [3.63, 3.8) is 0 Å². The molecule has 0 spiro atoms. The summed E-state index contributed by atoms with van der Waals surface area (Å²) in [5.74, 6) is 0. The SMILES string of the molecule is O=S1OS(=O)C1(F)F. The van der Waals surface area contributed by atoms with Crippen LogP contribution < -0.4 is 0 Å². The van der Waals surface area contributed by atoms with Crippen LogP contribution in [0.1, 0.15) is 0 Å². The molecule has 0 saturated carbocycles. The van der Waals surface area contributed by atoms with Crippen LogP contribution in [-0.4, -0.2) is 13.0 Å². The summed E-state index contributed by atoms with van der Waals surface area (Å²) >= 11 is -5.33. The predicted molar refractivity (Wildman–Crippen MR) is 22.3 cm³/mol. The van der Waals surface area contributed by atoms with Crippen LogP contribution in [0.4, 0.5) is 8.78 Å². The first-order chi connectivity index (χ1) is 3.55. The van der Waals surface area contributed by atoms with E-state index in [1.165, 1.54) is 0 Å². The highest BCUT2D eigenvalue weighted by Gasteiger charge is 2.58. The Morgan fingerprint density at radius 3 is 1.62 bits per heavy atom. The van der Waals surface area contributed by atoms with Crippen molar-refractivity contribution in [2.24, 2.45) is 0 Å². The maximum atomic E-state index is 11.6. The Labute approximate surface area is 48.3 Å². The summed E-state index contributed by atoms with van der Waals surface area (Å²) in [6.07, 6.45) is 0. The molecule has 8 heavy (non-hydrogen) atoms. The minimum absolute atomic E-state index is 2.67. The minimum atomic E-state index is -3.64. The highest BCUT2D eigenvalue weighted by Crippen LogP contribution is 2.35. The molecule has 0 radical (unpaired) electrons. The molecule has 0 aromatic heterocycles. The molecule has 1 rings (SSSR count). The third-order valence-electron chi connectivity index (χ3n) is 0.512. The van der Waals surface area contributed by atoms with E-state index in [9.17, 15) is 17.2 Å². The van der Waals surface area contributed by atoms with Gasteiger partial charge in [-0.05, 0) is 0 Å². The monoisotopic (exact) mass is 162 g/mol. The highest BCUT2D eigenvalue weighted by atomic mass is 32.3. The number of hydrogen-bond acceptors (Lipinski definition) is 3. The third kappa shape index (κ3) is 0.617. The summed E-state index contributed by atoms with van der Waals surface area (Å²) in [6.45, 7) is 0. The molecule has 1 heterocycles. The first-order valence-electron chi connectivity index (χ1n) is 1.45. The van der Waals surface area contributed by atoms with Crippen molar-refractivity contribution in [2.45, 2.75) is 4.59 Å². The van der Waals surface area contributed by atoms with E-state index in [2.05, 4.69) is 3.63 Å². The summed E-state index contributed by atoms with van der Waals surface area (Å²) in [7, 11) is 0. The maximum Gasteiger partial charge on any atom is 0.446 e. The summed E-state index contributed by atoms with van der Waals surface area (Å²) in [4.78, 5) is 0. The van der Waals surface area contributed by atoms with Crippen molar-refractivity contribution < 1.29 is 20.8 Å². The zero-order valence-electron chi connectivity index (χ0n) is 3.30. The smallest absolute Gasteiger partial charge is 0.221 e. The Kier molecular flexibility index (Phi) is 1.21. The quantitative estimate of drug-likeness (QED) is 0.499. The Bertz CT molecular complexity index is 149. The van der Waals surface area contributed by atoms with Crippen LogP contribution in [-0.2, 0) is 25.8 Å². The normalized spacial score (nSPS) is 43.2. The van der Waals surface area contributed by atoms with Crippen LogP contribution in [0.5, 0.6) is 0 Å². The lowest BCUT2D eigenvalue weighted by Crippen LogP contribution is -2.42. The van der Waals surface area contributed by atoms with E-state index >= 15 is 0 Å². The molecule has 0 aromatic rings. The zero-order chi connectivity index (χ0) is 6.36. The van der Waals surface area contributed by atoms with Gasteiger partial charge in [-0.2, -0.15) is 12.4 Å². The largest absolute Gasteiger partial charge is 0.446 e. The molecule has 3 nitrogen and oxygen atoms in total. The van der Waals surface area contributed by atoms with Crippen molar-refractivity contribution in [2.75, 3.05) is 0 Å². The molecule has 48 valence electrons. The van der Waals surface area contributed by atoms with Gasteiger partial charge < -0.3 is 0 Å². The molecule has 7 heteroatoms. The topological polar surface area (TPSA) is 43.4 Å². The number of alkyl halides is 2. The van der Waals surface area contributed by atoms with Crippen LogP contribution in [0.15, 0.2) is 0 Å². The Morgan fingerprint density at radius 2 is 1.62 bits per heavy atom. The van der Waals surface area contributed by atoms with Gasteiger partial charge >= 0.3 is 4.59 Å². The lowest BCUT2D eigenvalue weighted by molar-refractivity contribution is 0.158. The second-order valence-electron chi connectivity index (χ2n) is 1.00. The third-order valence-corrected chi connectivity index (χ3v) is 3.09. The van der Waals surface area contributed by atoms with Crippen LogP contribution in [0.25, 0.3) is 0 Å². The fourth-order valence-corrected chi connectivity index (χ4v) is 1.50. The highest BCUT2D eigenvalue weighted by molar-refractivity contribution is 8.11. The molecule has 0 amide bonds. The van der Waals surface area contributed by atoms with Crippen molar-refractivity contribution in [1.82, 2.24) is 0 Å². The predicted octanol–water partition coefficient (Wildman–Crippen LogP) is -0.106. The fraction of sp³-hybridized carbons (Fsp3) is 1.00. The summed E-state index contributed by atoms with van der Waals surface area (Å²) < 4.78 is 42.5. The van der Waals surface area contributed by atoms with Gasteiger partial charge in [-0.1, -0.05) is 0 Å². The number of hydrogen-bond donors (Lipinski definition) is 0. The van der Waals surface area contributed by atoms with Gasteiger partial charge in [0.15, 0.2) is 0 Å². The molecule has 1 saturated heterocycles. The number of halogens is 2. The molecule has 0 bridgehead atoms. The van der Waals surface area contributed by atoms with Gasteiger partial charge in [0, 0.05) is 0 Å². The van der Waals surface area contributed by atoms with E-state index in [-0.39, 0.29) is 0 Å². The molecular weight excluding hydrogens is 162 g/mol. The fourth-order valence-electron chi connectivity index (χ4n) is 0.166. The van der Waals surface area contributed by atoms with E-state index in [1.807, 2.05) is 0 Å². The Balaban J connectivity index is 2.81. The molecule has 0 N–H and O–H groups in total. The summed E-state index contributed by atoms with van der Waals surface area (Å²) in [5.41, 5.74) is 0. The van der Waals surface area contributed by atoms with Gasteiger partial charge in [-0.3, -0.25) is 0 Å². The van der Waals surface area contributed by atoms with Crippen LogP contribution in [0, 0.1) is 0 Å². The summed E-state index contributed by atoms with van der Waals surface area (Å²) in [5, 5.41) is 0. The van der Waals surface area contributed by atoms with Gasteiger partial charge in [0.05, 0.1) is 0 Å². The molecule has 0 unspecified atom stereocenters. The molecule has 0 aliphatic carbocycles. The maximum absolute atomic E-state index is 11.6. The van der Waals surface area contributed by atoms with E-state index in [0.29, 0.717) is 0 Å². The van der Waals surface area contributed by atoms with E-state index in [4.69, 9.17) is 0 Å². The average Bonchev–Trinajstić information content (AvgIpc) is 1.68. The number of rotatable bonds is 0. The van der Waals surface area contributed by atoms with Gasteiger partial charge in [0.1, 0.15) is 0 Å². The van der Waals surface area contributed by atoms with E-state index in [0.717, 1.165) is 0 Å². The van der Waals surface area contributed by atoms with Gasteiger partial charge in [0.2, 0.25) is 0 Å². The standard InChI is InChI=1S/CF2O3S2/c2-1(3)7(4)6-8(1)5. The van der Waals surface area contributed by atoms with Crippen LogP contribution >= 0.6 is 0 Å². The van der Waals surface area contributed by atoms with E-state index in [1.54, 1.807) is 0 Å². The van der Waals surface area contributed by atoms with Gasteiger partial charge in [-0.25, -0.2) is 8.42 Å². The Hall–Kier alpha value is 0.120. The Morgan fingerprint density at radius 1 is 1.25 bits per heavy atom. The zero-order valence-corrected chi connectivity index (χ0v) is 4.93. The van der Waals surface area contributed by atoms with Crippen molar-refractivity contribution in [1.29, 1.82) is 0 Å². The van der Waals surface area contributed by atoms with Crippen molar-refractivity contribution in [3.05, 3.63) is 0 Å². The molecule has 1 aliphatic rings. The average molecular weight is 162 g/mol. The second-order valence-corrected chi connectivity index (χ2v) is 3.77. The molecule has 1 fully saturated rings. The van der Waals surface area contributed by atoms with Crippen LogP contribution in [0.2, 0.25) is 0 Å². The van der Waals surface area contributed by atoms with E-state index < -0.39 is 26.7 Å². The lowest BCUT2D eigenvalue weighted by atomic mass is 11.6. The molecule has 0 aromatic carbocycles. The van der Waals surface area contributed by atoms with Crippen molar-refractivity contribution in [3.8, 4) is 0 Å².